The van der Waals surface area contributed by atoms with E-state index in [1.807, 2.05) is 19.9 Å². The molecule has 0 amide bonds. The van der Waals surface area contributed by atoms with Crippen molar-refractivity contribution in [2.24, 2.45) is 10.1 Å². The number of amidine groups is 1. The number of rotatable bonds is 1. The number of morpholine rings is 1. The molecule has 7 nitrogen and oxygen atoms in total. The Morgan fingerprint density at radius 1 is 1.29 bits per heavy atom. The summed E-state index contributed by atoms with van der Waals surface area (Å²) in [7, 11) is -3.72. The number of hydrogen-bond acceptors (Lipinski definition) is 5. The Kier molecular flexibility index (Phi) is 4.69. The normalized spacial score (nSPS) is 19.5. The minimum Gasteiger partial charge on any atom is -0.382 e. The van der Waals surface area contributed by atoms with Crippen LogP contribution in [0.1, 0.15) is 19.4 Å². The van der Waals surface area contributed by atoms with Gasteiger partial charge in [0.1, 0.15) is 5.84 Å². The van der Waals surface area contributed by atoms with Crippen LogP contribution in [-0.4, -0.2) is 40.6 Å². The largest absolute Gasteiger partial charge is 0.382 e. The summed E-state index contributed by atoms with van der Waals surface area (Å²) in [5.41, 5.74) is 7.79. The molecule has 8 heteroatoms. The molecular weight excluding hydrogens is 292 g/mol. The van der Waals surface area contributed by atoms with Gasteiger partial charge in [-0.25, -0.2) is 0 Å². The molecule has 2 aliphatic rings. The van der Waals surface area contributed by atoms with E-state index in [-0.39, 0.29) is 5.84 Å². The second-order valence-electron chi connectivity index (χ2n) is 4.35. The zero-order chi connectivity index (χ0) is 15.5. The molecule has 1 aromatic carbocycles. The van der Waals surface area contributed by atoms with Crippen LogP contribution in [0.15, 0.2) is 22.6 Å². The Morgan fingerprint density at radius 3 is 2.62 bits per heavy atom. The molecule has 2 aliphatic heterocycles. The molecule has 0 atom stereocenters. The summed E-state index contributed by atoms with van der Waals surface area (Å²) in [4.78, 5) is 2.12. The average molecular weight is 312 g/mol. The molecule has 2 heterocycles. The van der Waals surface area contributed by atoms with E-state index >= 15 is 0 Å². The number of hydrogen-bond donors (Lipinski definition) is 2. The smallest absolute Gasteiger partial charge is 0.344 e. The zero-order valence-electron chi connectivity index (χ0n) is 12.2. The second kappa shape index (κ2) is 6.31. The molecule has 1 saturated heterocycles. The number of nitrogens with one attached hydrogen (secondary N) is 1. The molecule has 0 radical (unpaired) electrons. The lowest BCUT2D eigenvalue weighted by Crippen LogP contribution is -2.38. The topological polar surface area (TPSA) is 97.0 Å². The fourth-order valence-corrected chi connectivity index (χ4v) is 3.14. The summed E-state index contributed by atoms with van der Waals surface area (Å²) in [6, 6.07) is 5.38. The summed E-state index contributed by atoms with van der Waals surface area (Å²) in [5.74, 6) is 0.0239. The van der Waals surface area contributed by atoms with Crippen LogP contribution < -0.4 is 15.4 Å². The lowest BCUT2D eigenvalue weighted by Gasteiger charge is -2.31. The molecule has 3 N–H and O–H groups in total. The SMILES string of the molecule is CC.NC1=NS(=O)(=O)Nc2cccc(N3CCOCC3)c21. The van der Waals surface area contributed by atoms with E-state index in [0.717, 1.165) is 18.8 Å². The van der Waals surface area contributed by atoms with Crippen LogP contribution in [0.4, 0.5) is 11.4 Å². The van der Waals surface area contributed by atoms with Crippen LogP contribution in [0.3, 0.4) is 0 Å². The van der Waals surface area contributed by atoms with Crippen molar-refractivity contribution in [3.63, 3.8) is 0 Å². The van der Waals surface area contributed by atoms with Gasteiger partial charge in [0.05, 0.1) is 30.2 Å². The predicted octanol–water partition coefficient (Wildman–Crippen LogP) is 0.925. The van der Waals surface area contributed by atoms with Gasteiger partial charge in [-0.2, -0.15) is 8.42 Å². The highest BCUT2D eigenvalue weighted by Gasteiger charge is 2.26. The molecule has 0 bridgehead atoms. The number of anilines is 2. The highest BCUT2D eigenvalue weighted by Crippen LogP contribution is 2.31. The molecule has 1 fully saturated rings. The van der Waals surface area contributed by atoms with E-state index in [9.17, 15) is 8.42 Å². The summed E-state index contributed by atoms with van der Waals surface area (Å²) in [6.07, 6.45) is 0. The van der Waals surface area contributed by atoms with Crippen LogP contribution >= 0.6 is 0 Å². The van der Waals surface area contributed by atoms with Crippen molar-refractivity contribution in [3.05, 3.63) is 23.8 Å². The van der Waals surface area contributed by atoms with Gasteiger partial charge in [0, 0.05) is 13.1 Å². The lowest BCUT2D eigenvalue weighted by molar-refractivity contribution is 0.122. The maximum atomic E-state index is 11.5. The van der Waals surface area contributed by atoms with Crippen molar-refractivity contribution < 1.29 is 13.2 Å². The number of fused-ring (bicyclic) bond motifs is 1. The lowest BCUT2D eigenvalue weighted by atomic mass is 10.1. The predicted molar refractivity (Wildman–Crippen MR) is 84.1 cm³/mol. The minimum absolute atomic E-state index is 0.0239. The maximum absolute atomic E-state index is 11.5. The van der Waals surface area contributed by atoms with E-state index in [1.165, 1.54) is 0 Å². The first kappa shape index (κ1) is 15.6. The second-order valence-corrected chi connectivity index (χ2v) is 5.69. The first-order valence-corrected chi connectivity index (χ1v) is 8.35. The number of ether oxygens (including phenoxy) is 1. The van der Waals surface area contributed by atoms with Gasteiger partial charge < -0.3 is 15.4 Å². The van der Waals surface area contributed by atoms with Gasteiger partial charge in [-0.05, 0) is 12.1 Å². The Balaban J connectivity index is 0.000000774. The third-order valence-electron chi connectivity index (χ3n) is 3.11. The van der Waals surface area contributed by atoms with Crippen LogP contribution in [0.2, 0.25) is 0 Å². The molecule has 21 heavy (non-hydrogen) atoms. The van der Waals surface area contributed by atoms with Gasteiger partial charge in [0.2, 0.25) is 0 Å². The number of nitrogens with two attached hydrogens (primary N) is 1. The van der Waals surface area contributed by atoms with E-state index in [2.05, 4.69) is 14.0 Å². The van der Waals surface area contributed by atoms with Crippen LogP contribution in [-0.2, 0) is 14.9 Å². The summed E-state index contributed by atoms with van der Waals surface area (Å²) < 4.78 is 34.2. The molecule has 116 valence electrons. The summed E-state index contributed by atoms with van der Waals surface area (Å²) >= 11 is 0. The van der Waals surface area contributed by atoms with Gasteiger partial charge in [-0.3, -0.25) is 4.72 Å². The molecule has 0 unspecified atom stereocenters. The Labute approximate surface area is 125 Å². The Bertz CT molecular complexity index is 637. The molecule has 0 saturated carbocycles. The van der Waals surface area contributed by atoms with E-state index in [4.69, 9.17) is 10.5 Å². The van der Waals surface area contributed by atoms with Gasteiger partial charge in [-0.1, -0.05) is 19.9 Å². The highest BCUT2D eigenvalue weighted by atomic mass is 32.2. The number of benzene rings is 1. The van der Waals surface area contributed by atoms with Crippen LogP contribution in [0.5, 0.6) is 0 Å². The van der Waals surface area contributed by atoms with Gasteiger partial charge in [0.25, 0.3) is 0 Å². The van der Waals surface area contributed by atoms with E-state index in [0.29, 0.717) is 24.5 Å². The van der Waals surface area contributed by atoms with Crippen molar-refractivity contribution >= 4 is 27.4 Å². The molecule has 0 aromatic heterocycles. The first-order chi connectivity index (χ1) is 10.1. The van der Waals surface area contributed by atoms with Crippen LogP contribution in [0.25, 0.3) is 0 Å². The summed E-state index contributed by atoms with van der Waals surface area (Å²) in [5, 5.41) is 0. The highest BCUT2D eigenvalue weighted by molar-refractivity contribution is 7.91. The molecule has 3 rings (SSSR count). The fourth-order valence-electron chi connectivity index (χ4n) is 2.30. The Morgan fingerprint density at radius 2 is 1.95 bits per heavy atom. The van der Waals surface area contributed by atoms with Gasteiger partial charge in [0.15, 0.2) is 0 Å². The van der Waals surface area contributed by atoms with Crippen LogP contribution in [0, 0.1) is 0 Å². The van der Waals surface area contributed by atoms with E-state index in [1.54, 1.807) is 12.1 Å². The van der Waals surface area contributed by atoms with E-state index < -0.39 is 10.2 Å². The third-order valence-corrected chi connectivity index (χ3v) is 4.02. The minimum atomic E-state index is -3.72. The number of nitrogens with zero attached hydrogens (tertiary/aromatic N) is 2. The quantitative estimate of drug-likeness (QED) is 0.804. The zero-order valence-corrected chi connectivity index (χ0v) is 13.0. The van der Waals surface area contributed by atoms with Crippen molar-refractivity contribution in [2.75, 3.05) is 35.9 Å². The molecule has 0 spiro atoms. The molecule has 1 aromatic rings. The van der Waals surface area contributed by atoms with Crippen molar-refractivity contribution in [1.29, 1.82) is 0 Å². The fraction of sp³-hybridized carbons (Fsp3) is 0.462. The van der Waals surface area contributed by atoms with Crippen molar-refractivity contribution in [2.45, 2.75) is 13.8 Å². The molecular formula is C13H20N4O3S. The average Bonchev–Trinajstić information content (AvgIpc) is 2.48. The Hall–Kier alpha value is -1.80. The summed E-state index contributed by atoms with van der Waals surface area (Å²) in [6.45, 7) is 6.78. The molecule has 0 aliphatic carbocycles. The monoisotopic (exact) mass is 312 g/mol. The maximum Gasteiger partial charge on any atom is 0.344 e. The van der Waals surface area contributed by atoms with Gasteiger partial charge in [-0.15, -0.1) is 4.40 Å². The first-order valence-electron chi connectivity index (χ1n) is 6.91. The van der Waals surface area contributed by atoms with Crippen molar-refractivity contribution in [1.82, 2.24) is 0 Å². The van der Waals surface area contributed by atoms with Crippen molar-refractivity contribution in [3.8, 4) is 0 Å². The standard InChI is InChI=1S/C11H14N4O3S.C2H6/c12-11-10-8(13-19(16,17)14-11)2-1-3-9(10)15-4-6-18-7-5-15;1-2/h1-3,13H,4-7H2,(H2,12,14);1-2H3. The third kappa shape index (κ3) is 3.27. The van der Waals surface area contributed by atoms with Gasteiger partial charge >= 0.3 is 10.2 Å².